The number of nitrogens with zero attached hydrogens (tertiary/aromatic N) is 1. The van der Waals surface area contributed by atoms with Gasteiger partial charge in [0, 0.05) is 22.2 Å². The molecule has 5 aliphatic rings. The summed E-state index contributed by atoms with van der Waals surface area (Å²) >= 11 is 0. The van der Waals surface area contributed by atoms with Gasteiger partial charge in [0.1, 0.15) is 11.2 Å². The topological polar surface area (TPSA) is 16.4 Å². The molecule has 1 spiro atoms. The first-order valence-corrected chi connectivity index (χ1v) is 22.0. The van der Waals surface area contributed by atoms with Gasteiger partial charge in [-0.1, -0.05) is 140 Å². The summed E-state index contributed by atoms with van der Waals surface area (Å²) in [7, 11) is 0. The summed E-state index contributed by atoms with van der Waals surface area (Å²) in [5, 5.41) is 2.23. The zero-order chi connectivity index (χ0) is 39.4. The van der Waals surface area contributed by atoms with Gasteiger partial charge in [-0.2, -0.15) is 0 Å². The van der Waals surface area contributed by atoms with E-state index in [1.165, 1.54) is 76.6 Å². The van der Waals surface area contributed by atoms with Crippen LogP contribution < -0.4 is 4.90 Å². The molecule has 0 unspecified atom stereocenters. The van der Waals surface area contributed by atoms with Crippen LogP contribution in [0.25, 0.3) is 66.4 Å². The Bertz CT molecular complexity index is 3070. The number of para-hydroxylation sites is 1. The van der Waals surface area contributed by atoms with Crippen LogP contribution >= 0.6 is 0 Å². The zero-order valence-electron chi connectivity index (χ0n) is 33.6. The molecule has 0 aliphatic heterocycles. The third-order valence-corrected chi connectivity index (χ3v) is 15.1. The molecule has 9 aromatic rings. The smallest absolute Gasteiger partial charge is 0.137 e. The Morgan fingerprint density at radius 1 is 0.400 bits per heavy atom. The third-order valence-electron chi connectivity index (χ3n) is 15.1. The van der Waals surface area contributed by atoms with Gasteiger partial charge < -0.3 is 9.32 Å². The van der Waals surface area contributed by atoms with Crippen molar-refractivity contribution < 1.29 is 4.42 Å². The summed E-state index contributed by atoms with van der Waals surface area (Å²) in [6.45, 7) is 0. The summed E-state index contributed by atoms with van der Waals surface area (Å²) in [4.78, 5) is 2.38. The lowest BCUT2D eigenvalue weighted by atomic mass is 9.43. The van der Waals surface area contributed by atoms with Crippen LogP contribution in [-0.2, 0) is 5.41 Å². The van der Waals surface area contributed by atoms with Crippen LogP contribution in [0.1, 0.15) is 43.2 Å². The van der Waals surface area contributed by atoms with E-state index < -0.39 is 0 Å². The van der Waals surface area contributed by atoms with Gasteiger partial charge >= 0.3 is 0 Å². The normalized spacial score (nSPS) is 22.1. The summed E-state index contributed by atoms with van der Waals surface area (Å²) in [6.07, 6.45) is 7.11. The Hall–Kier alpha value is -6.64. The minimum Gasteiger partial charge on any atom is -0.456 e. The Labute approximate surface area is 351 Å². The van der Waals surface area contributed by atoms with Gasteiger partial charge in [-0.3, -0.25) is 0 Å². The van der Waals surface area contributed by atoms with Crippen molar-refractivity contribution in [1.29, 1.82) is 0 Å². The van der Waals surface area contributed by atoms with Crippen molar-refractivity contribution in [3.05, 3.63) is 199 Å². The molecule has 2 heteroatoms. The standard InChI is InChI=1S/C58H45NO/c1-2-11-39(12-3-1)40-21-26-45(27-22-40)59(54-18-10-20-56-57(54)50-16-7-9-19-55(50)60-56)46-28-23-41(24-29-46)47-13-4-5-14-48(47)42-25-30-53-51(36-42)49-15-6-8-17-52(49)58(53)43-32-37-31-38(34-43)35-44(58)33-37/h1-30,36-38,43-44H,31-35H2. The highest BCUT2D eigenvalue weighted by Gasteiger charge is 2.61. The molecule has 60 heavy (non-hydrogen) atoms. The van der Waals surface area contributed by atoms with E-state index in [2.05, 4.69) is 187 Å². The van der Waals surface area contributed by atoms with Gasteiger partial charge in [-0.15, -0.1) is 0 Å². The number of benzene rings is 8. The maximum Gasteiger partial charge on any atom is 0.137 e. The molecule has 2 nitrogen and oxygen atoms in total. The van der Waals surface area contributed by atoms with Gasteiger partial charge in [0.15, 0.2) is 0 Å². The van der Waals surface area contributed by atoms with Crippen molar-refractivity contribution in [2.75, 3.05) is 4.90 Å². The second-order valence-electron chi connectivity index (χ2n) is 18.1. The maximum atomic E-state index is 6.40. The molecule has 0 radical (unpaired) electrons. The van der Waals surface area contributed by atoms with Gasteiger partial charge in [-0.25, -0.2) is 0 Å². The minimum absolute atomic E-state index is 0.189. The number of fused-ring (bicyclic) bond motifs is 6. The number of rotatable bonds is 6. The molecule has 0 saturated heterocycles. The molecule has 5 aliphatic carbocycles. The molecule has 0 N–H and O–H groups in total. The summed E-state index contributed by atoms with van der Waals surface area (Å²) in [5.74, 6) is 3.43. The second kappa shape index (κ2) is 13.2. The molecule has 4 saturated carbocycles. The molecule has 14 rings (SSSR count). The van der Waals surface area contributed by atoms with Crippen LogP contribution in [0, 0.1) is 23.7 Å². The van der Waals surface area contributed by atoms with E-state index in [0.29, 0.717) is 0 Å². The van der Waals surface area contributed by atoms with Crippen LogP contribution in [0.3, 0.4) is 0 Å². The monoisotopic (exact) mass is 771 g/mol. The van der Waals surface area contributed by atoms with Gasteiger partial charge in [-0.05, 0) is 160 Å². The summed E-state index contributed by atoms with van der Waals surface area (Å²) in [5.41, 5.74) is 18.9. The number of furan rings is 1. The highest BCUT2D eigenvalue weighted by atomic mass is 16.3. The summed E-state index contributed by atoms with van der Waals surface area (Å²) < 4.78 is 6.40. The minimum atomic E-state index is 0.189. The zero-order valence-corrected chi connectivity index (χ0v) is 33.6. The fourth-order valence-electron chi connectivity index (χ4n) is 12.9. The van der Waals surface area contributed by atoms with Crippen LogP contribution in [0.15, 0.2) is 192 Å². The van der Waals surface area contributed by atoms with E-state index in [4.69, 9.17) is 4.42 Å². The molecule has 0 amide bonds. The van der Waals surface area contributed by atoms with Gasteiger partial charge in [0.05, 0.1) is 11.1 Å². The predicted octanol–water partition coefficient (Wildman–Crippen LogP) is 15.8. The second-order valence-corrected chi connectivity index (χ2v) is 18.1. The SMILES string of the molecule is c1ccc(-c2ccc(N(c3ccc(-c4ccccc4-c4ccc5c(c4)-c4ccccc4C54C5CC6CC(C5)CC4C6)cc3)c3cccc4oc5ccccc5c34)cc2)cc1. The highest BCUT2D eigenvalue weighted by Crippen LogP contribution is 2.69. The third kappa shape index (κ3) is 5.00. The number of anilines is 3. The van der Waals surface area contributed by atoms with Crippen LogP contribution in [0.5, 0.6) is 0 Å². The number of hydrogen-bond acceptors (Lipinski definition) is 2. The largest absolute Gasteiger partial charge is 0.456 e. The molecule has 8 aromatic carbocycles. The van der Waals surface area contributed by atoms with Crippen molar-refractivity contribution in [3.63, 3.8) is 0 Å². The lowest BCUT2D eigenvalue weighted by molar-refractivity contribution is -0.0399. The quantitative estimate of drug-likeness (QED) is 0.167. The molecule has 4 fully saturated rings. The first-order chi connectivity index (χ1) is 29.7. The fourth-order valence-corrected chi connectivity index (χ4v) is 12.9. The average molecular weight is 772 g/mol. The van der Waals surface area contributed by atoms with Crippen molar-refractivity contribution in [2.45, 2.75) is 37.5 Å². The summed E-state index contributed by atoms with van der Waals surface area (Å²) in [6, 6.07) is 69.5. The van der Waals surface area contributed by atoms with Crippen molar-refractivity contribution in [3.8, 4) is 44.5 Å². The Morgan fingerprint density at radius 3 is 1.68 bits per heavy atom. The van der Waals surface area contributed by atoms with Crippen molar-refractivity contribution in [1.82, 2.24) is 0 Å². The molecular formula is C58H45NO. The van der Waals surface area contributed by atoms with Gasteiger partial charge in [0.2, 0.25) is 0 Å². The number of hydrogen-bond donors (Lipinski definition) is 0. The van der Waals surface area contributed by atoms with E-state index >= 15 is 0 Å². The van der Waals surface area contributed by atoms with Crippen LogP contribution in [0.4, 0.5) is 17.1 Å². The van der Waals surface area contributed by atoms with Crippen molar-refractivity contribution >= 4 is 39.0 Å². The Morgan fingerprint density at radius 2 is 0.950 bits per heavy atom. The predicted molar refractivity (Wildman–Crippen MR) is 248 cm³/mol. The van der Waals surface area contributed by atoms with E-state index in [1.807, 2.05) is 6.07 Å². The molecule has 4 bridgehead atoms. The lowest BCUT2D eigenvalue weighted by Crippen LogP contribution is -2.55. The maximum absolute atomic E-state index is 6.40. The molecule has 1 heterocycles. The van der Waals surface area contributed by atoms with Crippen molar-refractivity contribution in [2.24, 2.45) is 23.7 Å². The van der Waals surface area contributed by atoms with Crippen LogP contribution in [0.2, 0.25) is 0 Å². The molecular weight excluding hydrogens is 727 g/mol. The van der Waals surface area contributed by atoms with Crippen LogP contribution in [-0.4, -0.2) is 0 Å². The average Bonchev–Trinajstić information content (AvgIpc) is 3.83. The Balaban J connectivity index is 0.909. The van der Waals surface area contributed by atoms with E-state index in [9.17, 15) is 0 Å². The Kier molecular flexibility index (Phi) is 7.52. The molecule has 0 atom stereocenters. The molecule has 288 valence electrons. The van der Waals surface area contributed by atoms with E-state index in [1.54, 1.807) is 11.1 Å². The van der Waals surface area contributed by atoms with Gasteiger partial charge in [0.25, 0.3) is 0 Å². The highest BCUT2D eigenvalue weighted by molar-refractivity contribution is 6.13. The first-order valence-electron chi connectivity index (χ1n) is 22.0. The first kappa shape index (κ1) is 34.2. The van der Waals surface area contributed by atoms with E-state index in [-0.39, 0.29) is 5.41 Å². The fraction of sp³-hybridized carbons (Fsp3) is 0.172. The molecule has 1 aromatic heterocycles. The lowest BCUT2D eigenvalue weighted by Gasteiger charge is -2.61. The van der Waals surface area contributed by atoms with E-state index in [0.717, 1.165) is 62.7 Å².